The Morgan fingerprint density at radius 1 is 1.19 bits per heavy atom. The highest BCUT2D eigenvalue weighted by molar-refractivity contribution is 5.99. The zero-order valence-corrected chi connectivity index (χ0v) is 26.4. The molecule has 0 radical (unpaired) electrons. The Labute approximate surface area is 270 Å². The number of likely N-dealkylation sites (tertiary alicyclic amines) is 1. The van der Waals surface area contributed by atoms with Gasteiger partial charge in [-0.25, -0.2) is 14.2 Å². The SMILES string of the molecule is CCOC(=O)c1ncn2c1CN(C)C(=O)c1cc(F)ccc1-2.O=C1CC[C@@]2(O)[C@H]3Cc4ccc(O)c5c4[C@@]2(CCN3CC2CC2)[C@H]1O5. The molecule has 4 atom stereocenters. The van der Waals surface area contributed by atoms with Crippen LogP contribution in [-0.2, 0) is 27.9 Å². The van der Waals surface area contributed by atoms with Crippen LogP contribution >= 0.6 is 0 Å². The number of fused-ring (bicyclic) bond motifs is 3. The molecular formula is C35H37FN4O7. The van der Waals surface area contributed by atoms with Gasteiger partial charge in [0.25, 0.3) is 5.91 Å². The van der Waals surface area contributed by atoms with Crippen molar-refractivity contribution in [3.05, 3.63) is 70.6 Å². The number of aliphatic hydroxyl groups is 1. The second-order valence-corrected chi connectivity index (χ2v) is 13.7. The van der Waals surface area contributed by atoms with Gasteiger partial charge in [-0.05, 0) is 81.3 Å². The Kier molecular flexibility index (Phi) is 6.79. The van der Waals surface area contributed by atoms with Crippen LogP contribution in [0.15, 0.2) is 36.7 Å². The summed E-state index contributed by atoms with van der Waals surface area (Å²) in [7, 11) is 1.59. The number of esters is 1. The van der Waals surface area contributed by atoms with Crippen LogP contribution in [-0.4, -0.2) is 91.7 Å². The van der Waals surface area contributed by atoms with Crippen LogP contribution in [0.25, 0.3) is 5.69 Å². The lowest BCUT2D eigenvalue weighted by molar-refractivity contribution is -0.188. The summed E-state index contributed by atoms with van der Waals surface area (Å²) in [5.74, 6) is 0.0462. The highest BCUT2D eigenvalue weighted by Crippen LogP contribution is 2.64. The standard InChI is InChI=1S/C20H23NO4.C15H14FN3O3/c22-13-4-3-12-9-15-20(24)6-5-14(23)18-19(20,16(12)17(13)25-18)7-8-21(15)10-11-1-2-11;1-3-22-15(21)13-12-7-18(2)14(20)10-6-9(16)4-5-11(10)19(12)8-17-13/h3-4,11,15,18,22,24H,1-2,5-10H2;4-6,8H,3,7H2,1-2H3/t15-,18+,19+,20-;/m1./s1. The van der Waals surface area contributed by atoms with E-state index in [-0.39, 0.29) is 47.9 Å². The molecule has 47 heavy (non-hydrogen) atoms. The molecule has 1 aromatic heterocycles. The summed E-state index contributed by atoms with van der Waals surface area (Å²) in [5.41, 5.74) is 1.89. The van der Waals surface area contributed by atoms with E-state index in [4.69, 9.17) is 9.47 Å². The number of hydrogen-bond donors (Lipinski definition) is 2. The van der Waals surface area contributed by atoms with Gasteiger partial charge in [-0.2, -0.15) is 0 Å². The summed E-state index contributed by atoms with van der Waals surface area (Å²) in [6.45, 7) is 4.08. The van der Waals surface area contributed by atoms with Gasteiger partial charge >= 0.3 is 5.97 Å². The fourth-order valence-corrected chi connectivity index (χ4v) is 8.76. The second-order valence-electron chi connectivity index (χ2n) is 13.7. The van der Waals surface area contributed by atoms with E-state index in [1.807, 2.05) is 6.07 Å². The summed E-state index contributed by atoms with van der Waals surface area (Å²) in [6.07, 6.45) is 5.78. The van der Waals surface area contributed by atoms with E-state index in [1.54, 1.807) is 24.6 Å². The predicted octanol–water partition coefficient (Wildman–Crippen LogP) is 3.30. The van der Waals surface area contributed by atoms with E-state index in [9.17, 15) is 29.0 Å². The number of carbonyl (C=O) groups excluding carboxylic acids is 3. The van der Waals surface area contributed by atoms with E-state index in [1.165, 1.54) is 42.3 Å². The van der Waals surface area contributed by atoms with Gasteiger partial charge in [0.05, 0.1) is 41.1 Å². The average Bonchev–Trinajstić information content (AvgIpc) is 3.68. The molecule has 1 saturated heterocycles. The van der Waals surface area contributed by atoms with Gasteiger partial charge in [0.1, 0.15) is 12.1 Å². The molecule has 2 N–H and O–H groups in total. The number of ether oxygens (including phenoxy) is 2. The van der Waals surface area contributed by atoms with Crippen LogP contribution in [0.1, 0.15) is 76.7 Å². The number of amides is 1. The maximum absolute atomic E-state index is 13.5. The third kappa shape index (κ3) is 4.30. The van der Waals surface area contributed by atoms with Crippen molar-refractivity contribution in [2.75, 3.05) is 26.7 Å². The molecule has 4 heterocycles. The monoisotopic (exact) mass is 644 g/mol. The van der Waals surface area contributed by atoms with Gasteiger partial charge in [0.15, 0.2) is 29.1 Å². The smallest absolute Gasteiger partial charge is 0.358 e. The van der Waals surface area contributed by atoms with E-state index in [2.05, 4.69) is 9.88 Å². The molecule has 1 spiro atoms. The zero-order valence-electron chi connectivity index (χ0n) is 26.4. The van der Waals surface area contributed by atoms with Gasteiger partial charge in [-0.1, -0.05) is 6.07 Å². The Balaban J connectivity index is 0.000000139. The number of benzene rings is 2. The van der Waals surface area contributed by atoms with Crippen molar-refractivity contribution >= 4 is 17.7 Å². The summed E-state index contributed by atoms with van der Waals surface area (Å²) in [6, 6.07) is 7.65. The zero-order chi connectivity index (χ0) is 32.8. The number of aromatic nitrogens is 2. The van der Waals surface area contributed by atoms with Crippen LogP contribution in [0.4, 0.5) is 4.39 Å². The molecule has 0 unspecified atom stereocenters. The third-order valence-electron chi connectivity index (χ3n) is 11.1. The number of phenolic OH excluding ortho intramolecular Hbond substituents is 1. The van der Waals surface area contributed by atoms with Crippen molar-refractivity contribution in [1.29, 1.82) is 0 Å². The van der Waals surface area contributed by atoms with Crippen LogP contribution in [0.2, 0.25) is 0 Å². The van der Waals surface area contributed by atoms with Crippen molar-refractivity contribution in [3.8, 4) is 17.2 Å². The normalized spacial score (nSPS) is 28.3. The molecule has 3 aliphatic heterocycles. The molecular weight excluding hydrogens is 607 g/mol. The number of nitrogens with zero attached hydrogens (tertiary/aromatic N) is 4. The van der Waals surface area contributed by atoms with E-state index in [0.29, 0.717) is 30.0 Å². The first-order valence-corrected chi connectivity index (χ1v) is 16.4. The maximum Gasteiger partial charge on any atom is 0.358 e. The molecule has 6 aliphatic rings. The first-order chi connectivity index (χ1) is 22.6. The fourth-order valence-electron chi connectivity index (χ4n) is 8.76. The number of Topliss-reactive ketones (excluding diaryl/α,β-unsaturated/α-hetero) is 1. The predicted molar refractivity (Wildman–Crippen MR) is 165 cm³/mol. The number of rotatable bonds is 4. The largest absolute Gasteiger partial charge is 0.504 e. The Bertz CT molecular complexity index is 1840. The molecule has 3 aromatic rings. The summed E-state index contributed by atoms with van der Waals surface area (Å²) in [4.78, 5) is 45.1. The van der Waals surface area contributed by atoms with Gasteiger partial charge < -0.3 is 24.6 Å². The molecule has 246 valence electrons. The number of ketones is 1. The van der Waals surface area contributed by atoms with Gasteiger partial charge in [0, 0.05) is 31.6 Å². The Hall–Kier alpha value is -4.29. The molecule has 2 saturated carbocycles. The molecule has 9 rings (SSSR count). The van der Waals surface area contributed by atoms with Crippen LogP contribution in [0.5, 0.6) is 11.5 Å². The number of halogens is 1. The Morgan fingerprint density at radius 3 is 2.77 bits per heavy atom. The lowest BCUT2D eigenvalue weighted by atomic mass is 9.49. The van der Waals surface area contributed by atoms with Crippen molar-refractivity contribution in [1.82, 2.24) is 19.4 Å². The molecule has 1 amide bonds. The van der Waals surface area contributed by atoms with Crippen LogP contribution in [0, 0.1) is 11.7 Å². The first-order valence-electron chi connectivity index (χ1n) is 16.4. The third-order valence-corrected chi connectivity index (χ3v) is 11.1. The topological polar surface area (TPSA) is 134 Å². The van der Waals surface area contributed by atoms with Gasteiger partial charge in [-0.3, -0.25) is 19.1 Å². The van der Waals surface area contributed by atoms with Crippen molar-refractivity contribution in [2.45, 2.75) is 75.2 Å². The van der Waals surface area contributed by atoms with E-state index < -0.39 is 28.9 Å². The molecule has 11 nitrogen and oxygen atoms in total. The molecule has 3 aliphatic carbocycles. The summed E-state index contributed by atoms with van der Waals surface area (Å²) >= 11 is 0. The number of carbonyl (C=O) groups is 3. The minimum atomic E-state index is -0.940. The highest BCUT2D eigenvalue weighted by Gasteiger charge is 2.73. The summed E-state index contributed by atoms with van der Waals surface area (Å²) in [5, 5.41) is 22.3. The molecule has 12 heteroatoms. The van der Waals surface area contributed by atoms with Crippen molar-refractivity contribution in [3.63, 3.8) is 0 Å². The average molecular weight is 645 g/mol. The first kappa shape index (κ1) is 30.1. The van der Waals surface area contributed by atoms with Crippen LogP contribution in [0.3, 0.4) is 0 Å². The molecule has 2 bridgehead atoms. The van der Waals surface area contributed by atoms with Gasteiger partial charge in [-0.15, -0.1) is 0 Å². The number of imidazole rings is 1. The molecule has 3 fully saturated rings. The number of phenols is 1. The molecule has 2 aromatic carbocycles. The Morgan fingerprint density at radius 2 is 2.00 bits per heavy atom. The van der Waals surface area contributed by atoms with Crippen molar-refractivity contribution < 1.29 is 38.5 Å². The number of piperidine rings is 1. The minimum Gasteiger partial charge on any atom is -0.504 e. The van der Waals surface area contributed by atoms with Crippen LogP contribution < -0.4 is 4.74 Å². The fraction of sp³-hybridized carbons (Fsp3) is 0.486. The summed E-state index contributed by atoms with van der Waals surface area (Å²) < 4.78 is 26.1. The maximum atomic E-state index is 13.5. The number of aromatic hydroxyl groups is 1. The van der Waals surface area contributed by atoms with E-state index >= 15 is 0 Å². The second kappa shape index (κ2) is 10.6. The quantitative estimate of drug-likeness (QED) is 0.411. The van der Waals surface area contributed by atoms with Gasteiger partial charge in [0.2, 0.25) is 0 Å². The van der Waals surface area contributed by atoms with E-state index in [0.717, 1.165) is 43.0 Å². The lowest BCUT2D eigenvalue weighted by Crippen LogP contribution is -2.76. The van der Waals surface area contributed by atoms with Crippen molar-refractivity contribution in [2.24, 2.45) is 5.92 Å². The minimum absolute atomic E-state index is 0.0454. The lowest BCUT2D eigenvalue weighted by Gasteiger charge is -2.62. The number of hydrogen-bond acceptors (Lipinski definition) is 9. The highest BCUT2D eigenvalue weighted by atomic mass is 19.1.